The molecule has 7 heteroatoms. The Kier molecular flexibility index (Phi) is 4.62. The van der Waals surface area contributed by atoms with E-state index in [2.05, 4.69) is 11.4 Å². The van der Waals surface area contributed by atoms with Crippen molar-refractivity contribution in [2.24, 2.45) is 0 Å². The molecule has 2 atom stereocenters. The lowest BCUT2D eigenvalue weighted by atomic mass is 10.0. The molecular weight excluding hydrogens is 386 g/mol. The molecule has 0 bridgehead atoms. The van der Waals surface area contributed by atoms with Gasteiger partial charge in [-0.3, -0.25) is 14.4 Å². The summed E-state index contributed by atoms with van der Waals surface area (Å²) in [6, 6.07) is 11.0. The number of hydrogen-bond acceptors (Lipinski definition) is 4. The standard InChI is InChI=1S/C22H23N3O3S/c26-19(24-11-3-7-17(24)18-8-4-12-29-18)13-23-21(27)20-15-5-1-2-6-16(15)22(28)25(20)14-9-10-14/h1-2,4-6,8,12,14,17,20H,3,7,9-11,13H2,(H,23,27). The van der Waals surface area contributed by atoms with Gasteiger partial charge in [-0.15, -0.1) is 11.3 Å². The smallest absolute Gasteiger partial charge is 0.255 e. The summed E-state index contributed by atoms with van der Waals surface area (Å²) in [5, 5.41) is 4.85. The maximum absolute atomic E-state index is 13.1. The van der Waals surface area contributed by atoms with Crippen molar-refractivity contribution in [2.75, 3.05) is 13.1 Å². The lowest BCUT2D eigenvalue weighted by molar-refractivity contribution is -0.134. The lowest BCUT2D eigenvalue weighted by Crippen LogP contribution is -2.44. The van der Waals surface area contributed by atoms with E-state index >= 15 is 0 Å². The van der Waals surface area contributed by atoms with E-state index in [-0.39, 0.29) is 36.3 Å². The number of carbonyl (C=O) groups excluding carboxylic acids is 3. The van der Waals surface area contributed by atoms with E-state index < -0.39 is 6.04 Å². The molecule has 1 N–H and O–H groups in total. The third kappa shape index (κ3) is 3.23. The Morgan fingerprint density at radius 3 is 2.69 bits per heavy atom. The topological polar surface area (TPSA) is 69.7 Å². The summed E-state index contributed by atoms with van der Waals surface area (Å²) >= 11 is 1.66. The highest BCUT2D eigenvalue weighted by atomic mass is 32.1. The van der Waals surface area contributed by atoms with Crippen LogP contribution in [0.3, 0.4) is 0 Å². The zero-order chi connectivity index (χ0) is 20.0. The van der Waals surface area contributed by atoms with E-state index in [4.69, 9.17) is 0 Å². The maximum Gasteiger partial charge on any atom is 0.255 e. The van der Waals surface area contributed by atoms with E-state index in [1.807, 2.05) is 34.5 Å². The monoisotopic (exact) mass is 409 g/mol. The van der Waals surface area contributed by atoms with Crippen molar-refractivity contribution < 1.29 is 14.4 Å². The molecule has 2 aromatic rings. The van der Waals surface area contributed by atoms with Crippen molar-refractivity contribution in [2.45, 2.75) is 43.8 Å². The van der Waals surface area contributed by atoms with Crippen LogP contribution in [0, 0.1) is 0 Å². The summed E-state index contributed by atoms with van der Waals surface area (Å²) in [6.45, 7) is 0.683. The van der Waals surface area contributed by atoms with Gasteiger partial charge in [0.25, 0.3) is 5.91 Å². The van der Waals surface area contributed by atoms with Gasteiger partial charge in [0.2, 0.25) is 11.8 Å². The van der Waals surface area contributed by atoms with Gasteiger partial charge in [0.05, 0.1) is 12.6 Å². The second kappa shape index (κ2) is 7.30. The van der Waals surface area contributed by atoms with E-state index in [1.165, 1.54) is 4.88 Å². The fourth-order valence-corrected chi connectivity index (χ4v) is 5.41. The molecule has 150 valence electrons. The van der Waals surface area contributed by atoms with Gasteiger partial charge in [0, 0.05) is 23.0 Å². The van der Waals surface area contributed by atoms with Crippen molar-refractivity contribution in [1.82, 2.24) is 15.1 Å². The average molecular weight is 410 g/mol. The number of likely N-dealkylation sites (tertiary alicyclic amines) is 1. The molecule has 0 radical (unpaired) electrons. The van der Waals surface area contributed by atoms with Crippen LogP contribution >= 0.6 is 11.3 Å². The SMILES string of the molecule is O=C(NCC(=O)N1CCCC1c1cccs1)C1c2ccccc2C(=O)N1C1CC1. The second-order valence-electron chi connectivity index (χ2n) is 7.91. The highest BCUT2D eigenvalue weighted by Crippen LogP contribution is 2.42. The molecule has 2 fully saturated rings. The third-order valence-electron chi connectivity index (χ3n) is 6.05. The van der Waals surface area contributed by atoms with Crippen LogP contribution < -0.4 is 5.32 Å². The number of rotatable bonds is 5. The average Bonchev–Trinajstić information content (AvgIpc) is 3.13. The van der Waals surface area contributed by atoms with E-state index in [1.54, 1.807) is 22.3 Å². The molecule has 0 spiro atoms. The number of fused-ring (bicyclic) bond motifs is 1. The summed E-state index contributed by atoms with van der Waals surface area (Å²) in [5.41, 5.74) is 1.34. The molecule has 1 saturated carbocycles. The van der Waals surface area contributed by atoms with E-state index in [9.17, 15) is 14.4 Å². The fraction of sp³-hybridized carbons (Fsp3) is 0.409. The Balaban J connectivity index is 1.29. The van der Waals surface area contributed by atoms with Crippen LogP contribution in [0.2, 0.25) is 0 Å². The highest BCUT2D eigenvalue weighted by molar-refractivity contribution is 7.10. The summed E-state index contributed by atoms with van der Waals surface area (Å²) < 4.78 is 0. The molecule has 1 aromatic heterocycles. The minimum absolute atomic E-state index is 0.0356. The third-order valence-corrected chi connectivity index (χ3v) is 7.02. The normalized spacial score (nSPS) is 23.4. The Hall–Kier alpha value is -2.67. The van der Waals surface area contributed by atoms with Crippen molar-refractivity contribution in [3.05, 3.63) is 57.8 Å². The van der Waals surface area contributed by atoms with Crippen molar-refractivity contribution in [1.29, 1.82) is 0 Å². The van der Waals surface area contributed by atoms with E-state index in [0.717, 1.165) is 37.8 Å². The molecule has 1 aliphatic carbocycles. The summed E-state index contributed by atoms with van der Waals surface area (Å²) in [6.07, 6.45) is 3.79. The molecular formula is C22H23N3O3S. The molecule has 2 unspecified atom stereocenters. The van der Waals surface area contributed by atoms with Crippen LogP contribution in [0.1, 0.15) is 58.6 Å². The zero-order valence-corrected chi connectivity index (χ0v) is 16.9. The van der Waals surface area contributed by atoms with Gasteiger partial charge < -0.3 is 15.1 Å². The quantitative estimate of drug-likeness (QED) is 0.826. The van der Waals surface area contributed by atoms with Crippen LogP contribution in [0.25, 0.3) is 0 Å². The first-order chi connectivity index (χ1) is 14.1. The van der Waals surface area contributed by atoms with Crippen LogP contribution in [0.4, 0.5) is 0 Å². The maximum atomic E-state index is 13.1. The van der Waals surface area contributed by atoms with Gasteiger partial charge in [0.1, 0.15) is 6.04 Å². The van der Waals surface area contributed by atoms with Crippen LogP contribution in [0.15, 0.2) is 41.8 Å². The Morgan fingerprint density at radius 1 is 1.10 bits per heavy atom. The number of nitrogens with one attached hydrogen (secondary N) is 1. The van der Waals surface area contributed by atoms with Crippen molar-refractivity contribution in [3.8, 4) is 0 Å². The molecule has 6 nitrogen and oxygen atoms in total. The number of thiophene rings is 1. The van der Waals surface area contributed by atoms with Gasteiger partial charge in [0.15, 0.2) is 0 Å². The first kappa shape index (κ1) is 18.4. The van der Waals surface area contributed by atoms with Crippen molar-refractivity contribution in [3.63, 3.8) is 0 Å². The van der Waals surface area contributed by atoms with Gasteiger partial charge in [-0.25, -0.2) is 0 Å². The summed E-state index contributed by atoms with van der Waals surface area (Å²) in [4.78, 5) is 43.5. The largest absolute Gasteiger partial charge is 0.345 e. The molecule has 3 amide bonds. The Labute approximate surface area is 173 Å². The second-order valence-corrected chi connectivity index (χ2v) is 8.89. The fourth-order valence-electron chi connectivity index (χ4n) is 4.54. The number of nitrogens with zero attached hydrogens (tertiary/aromatic N) is 2. The first-order valence-corrected chi connectivity index (χ1v) is 11.1. The van der Waals surface area contributed by atoms with Crippen molar-refractivity contribution >= 4 is 29.1 Å². The van der Waals surface area contributed by atoms with E-state index in [0.29, 0.717) is 5.56 Å². The number of hydrogen-bond donors (Lipinski definition) is 1. The predicted octanol–water partition coefficient (Wildman–Crippen LogP) is 2.89. The molecule has 3 heterocycles. The van der Waals surface area contributed by atoms with Crippen LogP contribution in [-0.4, -0.2) is 46.7 Å². The summed E-state index contributed by atoms with van der Waals surface area (Å²) in [5.74, 6) is -0.410. The van der Waals surface area contributed by atoms with Crippen LogP contribution in [0.5, 0.6) is 0 Å². The molecule has 2 aliphatic heterocycles. The van der Waals surface area contributed by atoms with Gasteiger partial charge in [-0.1, -0.05) is 24.3 Å². The van der Waals surface area contributed by atoms with Gasteiger partial charge in [-0.05, 0) is 48.8 Å². The number of amides is 3. The van der Waals surface area contributed by atoms with Crippen LogP contribution in [-0.2, 0) is 9.59 Å². The summed E-state index contributed by atoms with van der Waals surface area (Å²) in [7, 11) is 0. The molecule has 3 aliphatic rings. The number of carbonyl (C=O) groups is 3. The molecule has 29 heavy (non-hydrogen) atoms. The van der Waals surface area contributed by atoms with Gasteiger partial charge >= 0.3 is 0 Å². The zero-order valence-electron chi connectivity index (χ0n) is 16.0. The Bertz CT molecular complexity index is 954. The minimum atomic E-state index is -0.634. The van der Waals surface area contributed by atoms with Gasteiger partial charge in [-0.2, -0.15) is 0 Å². The highest BCUT2D eigenvalue weighted by Gasteiger charge is 2.47. The minimum Gasteiger partial charge on any atom is -0.345 e. The lowest BCUT2D eigenvalue weighted by Gasteiger charge is -2.26. The first-order valence-electron chi connectivity index (χ1n) is 10.2. The number of benzene rings is 1. The molecule has 5 rings (SSSR count). The molecule has 1 aromatic carbocycles. The molecule has 1 saturated heterocycles. The predicted molar refractivity (Wildman–Crippen MR) is 109 cm³/mol. The Morgan fingerprint density at radius 2 is 1.93 bits per heavy atom.